The van der Waals surface area contributed by atoms with Crippen molar-refractivity contribution in [2.24, 2.45) is 0 Å². The Labute approximate surface area is 91.5 Å². The predicted molar refractivity (Wildman–Crippen MR) is 61.3 cm³/mol. The molecule has 2 aromatic rings. The van der Waals surface area contributed by atoms with Gasteiger partial charge in [-0.2, -0.15) is 0 Å². The fourth-order valence-electron chi connectivity index (χ4n) is 2.13. The first kappa shape index (κ1) is 8.30. The van der Waals surface area contributed by atoms with E-state index < -0.39 is 0 Å². The van der Waals surface area contributed by atoms with Gasteiger partial charge in [0.1, 0.15) is 0 Å². The van der Waals surface area contributed by atoms with Crippen LogP contribution < -0.4 is 0 Å². The van der Waals surface area contributed by atoms with Crippen LogP contribution in [0.3, 0.4) is 0 Å². The van der Waals surface area contributed by atoms with Crippen molar-refractivity contribution in [3.63, 3.8) is 0 Å². The zero-order valence-electron chi connectivity index (χ0n) is 7.70. The summed E-state index contributed by atoms with van der Waals surface area (Å²) >= 11 is 3.60. The SMILES string of the molecule is Brc1ccn2c1-c1ccccc1CC2. The Balaban J connectivity index is 2.32. The first-order valence-corrected chi connectivity index (χ1v) is 5.58. The van der Waals surface area contributed by atoms with E-state index in [-0.39, 0.29) is 0 Å². The van der Waals surface area contributed by atoms with Crippen LogP contribution in [-0.2, 0) is 13.0 Å². The summed E-state index contributed by atoms with van der Waals surface area (Å²) in [6.07, 6.45) is 3.29. The third-order valence-electron chi connectivity index (χ3n) is 2.81. The van der Waals surface area contributed by atoms with Gasteiger partial charge in [0.25, 0.3) is 0 Å². The summed E-state index contributed by atoms with van der Waals surface area (Å²) in [5.74, 6) is 0. The predicted octanol–water partition coefficient (Wildman–Crippen LogP) is 3.47. The van der Waals surface area contributed by atoms with Crippen molar-refractivity contribution in [3.8, 4) is 11.3 Å². The van der Waals surface area contributed by atoms with E-state index in [0.29, 0.717) is 0 Å². The van der Waals surface area contributed by atoms with E-state index in [2.05, 4.69) is 57.0 Å². The molecule has 0 fully saturated rings. The van der Waals surface area contributed by atoms with Crippen LogP contribution >= 0.6 is 15.9 Å². The highest BCUT2D eigenvalue weighted by molar-refractivity contribution is 9.10. The largest absolute Gasteiger partial charge is 0.346 e. The van der Waals surface area contributed by atoms with Gasteiger partial charge in [0.2, 0.25) is 0 Å². The second-order valence-electron chi connectivity index (χ2n) is 3.61. The van der Waals surface area contributed by atoms with E-state index >= 15 is 0 Å². The number of halogens is 1. The quantitative estimate of drug-likeness (QED) is 0.672. The van der Waals surface area contributed by atoms with E-state index in [1.807, 2.05) is 0 Å². The highest BCUT2D eigenvalue weighted by Gasteiger charge is 2.17. The van der Waals surface area contributed by atoms with E-state index in [9.17, 15) is 0 Å². The molecule has 0 unspecified atom stereocenters. The molecule has 14 heavy (non-hydrogen) atoms. The minimum Gasteiger partial charge on any atom is -0.346 e. The van der Waals surface area contributed by atoms with E-state index in [0.717, 1.165) is 13.0 Å². The lowest BCUT2D eigenvalue weighted by molar-refractivity contribution is 0.688. The molecule has 0 saturated heterocycles. The normalized spacial score (nSPS) is 13.5. The zero-order chi connectivity index (χ0) is 9.54. The van der Waals surface area contributed by atoms with Gasteiger partial charge in [-0.3, -0.25) is 0 Å². The monoisotopic (exact) mass is 247 g/mol. The molecule has 3 rings (SSSR count). The Morgan fingerprint density at radius 1 is 1.14 bits per heavy atom. The number of hydrogen-bond donors (Lipinski definition) is 0. The van der Waals surface area contributed by atoms with Gasteiger partial charge in [0.05, 0.1) is 5.69 Å². The standard InChI is InChI=1S/C12H10BrN/c13-11-6-8-14-7-5-9-3-1-2-4-10(9)12(11)14/h1-4,6,8H,5,7H2. The number of aromatic nitrogens is 1. The number of rotatable bonds is 0. The van der Waals surface area contributed by atoms with Crippen molar-refractivity contribution in [2.45, 2.75) is 13.0 Å². The first-order valence-electron chi connectivity index (χ1n) is 4.79. The maximum Gasteiger partial charge on any atom is 0.0627 e. The Kier molecular flexibility index (Phi) is 1.77. The van der Waals surface area contributed by atoms with Crippen molar-refractivity contribution >= 4 is 15.9 Å². The molecule has 1 aliphatic heterocycles. The van der Waals surface area contributed by atoms with Crippen molar-refractivity contribution in [3.05, 3.63) is 46.6 Å². The molecule has 1 aliphatic rings. The second-order valence-corrected chi connectivity index (χ2v) is 4.47. The molecule has 0 spiro atoms. The number of aryl methyl sites for hydroxylation is 2. The highest BCUT2D eigenvalue weighted by atomic mass is 79.9. The third-order valence-corrected chi connectivity index (χ3v) is 3.45. The Morgan fingerprint density at radius 3 is 2.93 bits per heavy atom. The number of benzene rings is 1. The Morgan fingerprint density at radius 2 is 2.00 bits per heavy atom. The summed E-state index contributed by atoms with van der Waals surface area (Å²) in [6, 6.07) is 10.8. The molecule has 0 N–H and O–H groups in total. The van der Waals surface area contributed by atoms with Crippen LogP contribution in [-0.4, -0.2) is 4.57 Å². The van der Waals surface area contributed by atoms with Crippen LogP contribution in [0.2, 0.25) is 0 Å². The summed E-state index contributed by atoms with van der Waals surface area (Å²) in [4.78, 5) is 0. The van der Waals surface area contributed by atoms with Gasteiger partial charge in [-0.05, 0) is 34.0 Å². The lowest BCUT2D eigenvalue weighted by atomic mass is 9.99. The third kappa shape index (κ3) is 1.07. The zero-order valence-corrected chi connectivity index (χ0v) is 9.29. The van der Waals surface area contributed by atoms with Gasteiger partial charge >= 0.3 is 0 Å². The molecular formula is C12H10BrN. The Hall–Kier alpha value is -1.02. The van der Waals surface area contributed by atoms with Crippen LogP contribution in [0.1, 0.15) is 5.56 Å². The van der Waals surface area contributed by atoms with Crippen molar-refractivity contribution < 1.29 is 0 Å². The van der Waals surface area contributed by atoms with Crippen LogP contribution in [0.15, 0.2) is 41.0 Å². The van der Waals surface area contributed by atoms with Crippen molar-refractivity contribution in [2.75, 3.05) is 0 Å². The van der Waals surface area contributed by atoms with Gasteiger partial charge in [0, 0.05) is 22.8 Å². The number of hydrogen-bond acceptors (Lipinski definition) is 0. The maximum atomic E-state index is 3.60. The van der Waals surface area contributed by atoms with E-state index in [4.69, 9.17) is 0 Å². The van der Waals surface area contributed by atoms with Gasteiger partial charge in [-0.25, -0.2) is 0 Å². The van der Waals surface area contributed by atoms with Gasteiger partial charge < -0.3 is 4.57 Å². The molecule has 0 saturated carbocycles. The average molecular weight is 248 g/mol. The molecular weight excluding hydrogens is 238 g/mol. The molecule has 2 heteroatoms. The minimum atomic E-state index is 1.10. The molecule has 2 heterocycles. The summed E-state index contributed by atoms with van der Waals surface area (Å²) < 4.78 is 3.51. The number of fused-ring (bicyclic) bond motifs is 3. The molecule has 1 aromatic carbocycles. The average Bonchev–Trinajstić information content (AvgIpc) is 2.61. The molecule has 1 nitrogen and oxygen atoms in total. The summed E-state index contributed by atoms with van der Waals surface area (Å²) in [5, 5.41) is 0. The molecule has 0 amide bonds. The molecule has 70 valence electrons. The fourth-order valence-corrected chi connectivity index (χ4v) is 2.69. The van der Waals surface area contributed by atoms with Crippen molar-refractivity contribution in [1.82, 2.24) is 4.57 Å². The molecule has 0 radical (unpaired) electrons. The van der Waals surface area contributed by atoms with Crippen LogP contribution in [0.5, 0.6) is 0 Å². The van der Waals surface area contributed by atoms with Gasteiger partial charge in [0.15, 0.2) is 0 Å². The van der Waals surface area contributed by atoms with Crippen molar-refractivity contribution in [1.29, 1.82) is 0 Å². The van der Waals surface area contributed by atoms with Crippen LogP contribution in [0, 0.1) is 0 Å². The van der Waals surface area contributed by atoms with Crippen LogP contribution in [0.4, 0.5) is 0 Å². The van der Waals surface area contributed by atoms with E-state index in [1.165, 1.54) is 21.3 Å². The molecule has 0 bridgehead atoms. The Bertz CT molecular complexity index is 485. The summed E-state index contributed by atoms with van der Waals surface area (Å²) in [6.45, 7) is 1.10. The van der Waals surface area contributed by atoms with Gasteiger partial charge in [-0.1, -0.05) is 24.3 Å². The molecule has 0 aliphatic carbocycles. The van der Waals surface area contributed by atoms with Crippen LogP contribution in [0.25, 0.3) is 11.3 Å². The fraction of sp³-hybridized carbons (Fsp3) is 0.167. The molecule has 1 aromatic heterocycles. The minimum absolute atomic E-state index is 1.10. The topological polar surface area (TPSA) is 4.93 Å². The van der Waals surface area contributed by atoms with Gasteiger partial charge in [-0.15, -0.1) is 0 Å². The first-order chi connectivity index (χ1) is 6.86. The lowest BCUT2D eigenvalue weighted by Crippen LogP contribution is -2.09. The maximum absolute atomic E-state index is 3.60. The lowest BCUT2D eigenvalue weighted by Gasteiger charge is -2.19. The van der Waals surface area contributed by atoms with E-state index in [1.54, 1.807) is 0 Å². The summed E-state index contributed by atoms with van der Waals surface area (Å²) in [5.41, 5.74) is 4.15. The molecule has 0 atom stereocenters. The smallest absolute Gasteiger partial charge is 0.0627 e. The summed E-state index contributed by atoms with van der Waals surface area (Å²) in [7, 11) is 0. The highest BCUT2D eigenvalue weighted by Crippen LogP contribution is 2.35. The number of nitrogens with zero attached hydrogens (tertiary/aromatic N) is 1. The second kappa shape index (κ2) is 2.99.